The first kappa shape index (κ1) is 18.0. The summed E-state index contributed by atoms with van der Waals surface area (Å²) in [7, 11) is 0. The third-order valence-electron chi connectivity index (χ3n) is 3.41. The van der Waals surface area contributed by atoms with Crippen molar-refractivity contribution < 1.29 is 14.7 Å². The van der Waals surface area contributed by atoms with Crippen LogP contribution in [-0.4, -0.2) is 28.3 Å². The van der Waals surface area contributed by atoms with Crippen molar-refractivity contribution in [1.29, 1.82) is 0 Å². The van der Waals surface area contributed by atoms with Crippen LogP contribution in [0.4, 0.5) is 0 Å². The molecule has 1 aromatic rings. The number of hydrogen-bond acceptors (Lipinski definition) is 3. The van der Waals surface area contributed by atoms with Gasteiger partial charge in [-0.2, -0.15) is 0 Å². The van der Waals surface area contributed by atoms with Gasteiger partial charge in [0.05, 0.1) is 5.75 Å². The monoisotopic (exact) mass is 373 g/mol. The number of carbonyl (C=O) groups excluding carboxylic acids is 1. The van der Waals surface area contributed by atoms with Gasteiger partial charge in [0.25, 0.3) is 0 Å². The summed E-state index contributed by atoms with van der Waals surface area (Å²) in [6.07, 6.45) is 0.342. The molecule has 0 aliphatic rings. The quantitative estimate of drug-likeness (QED) is 0.748. The number of nitrogens with one attached hydrogen (secondary N) is 1. The van der Waals surface area contributed by atoms with Crippen LogP contribution in [0.3, 0.4) is 0 Å². The highest BCUT2D eigenvalue weighted by Crippen LogP contribution is 2.28. The lowest BCUT2D eigenvalue weighted by atomic mass is 9.99. The predicted molar refractivity (Wildman–Crippen MR) is 88.8 cm³/mol. The number of rotatable bonds is 6. The maximum atomic E-state index is 12.0. The highest BCUT2D eigenvalue weighted by atomic mass is 79.9. The first-order valence-corrected chi connectivity index (χ1v) is 8.41. The van der Waals surface area contributed by atoms with E-state index in [0.29, 0.717) is 6.42 Å². The van der Waals surface area contributed by atoms with Crippen molar-refractivity contribution in [2.45, 2.75) is 44.6 Å². The lowest BCUT2D eigenvalue weighted by molar-refractivity contribution is -0.146. The van der Waals surface area contributed by atoms with Crippen molar-refractivity contribution in [2.75, 3.05) is 5.75 Å². The molecule has 6 heteroatoms. The highest BCUT2D eigenvalue weighted by molar-refractivity contribution is 9.10. The number of carboxylic acid groups (broad SMARTS) is 1. The van der Waals surface area contributed by atoms with E-state index in [1.54, 1.807) is 6.92 Å². The fourth-order valence-electron chi connectivity index (χ4n) is 1.69. The van der Waals surface area contributed by atoms with Gasteiger partial charge in [0.1, 0.15) is 5.54 Å². The molecule has 0 spiro atoms. The molecule has 0 aliphatic heterocycles. The molecule has 1 atom stereocenters. The van der Waals surface area contributed by atoms with Crippen LogP contribution in [0.2, 0.25) is 0 Å². The van der Waals surface area contributed by atoms with Crippen LogP contribution in [0.5, 0.6) is 0 Å². The first-order valence-electron chi connectivity index (χ1n) is 6.63. The summed E-state index contributed by atoms with van der Waals surface area (Å²) in [5.74, 6) is -1.09. The van der Waals surface area contributed by atoms with Crippen molar-refractivity contribution in [3.63, 3.8) is 0 Å². The second-order valence-electron chi connectivity index (χ2n) is 5.19. The zero-order chi connectivity index (χ0) is 16.2. The van der Waals surface area contributed by atoms with Gasteiger partial charge in [0, 0.05) is 9.37 Å². The number of hydrogen-bond donors (Lipinski definition) is 2. The van der Waals surface area contributed by atoms with Crippen molar-refractivity contribution in [2.24, 2.45) is 0 Å². The van der Waals surface area contributed by atoms with Crippen molar-refractivity contribution >= 4 is 39.6 Å². The van der Waals surface area contributed by atoms with Crippen molar-refractivity contribution in [3.8, 4) is 0 Å². The smallest absolute Gasteiger partial charge is 0.329 e. The van der Waals surface area contributed by atoms with Crippen molar-refractivity contribution in [1.82, 2.24) is 5.32 Å². The zero-order valence-electron chi connectivity index (χ0n) is 12.6. The minimum Gasteiger partial charge on any atom is -0.480 e. The summed E-state index contributed by atoms with van der Waals surface area (Å²) in [4.78, 5) is 24.2. The Labute approximate surface area is 137 Å². The second kappa shape index (κ2) is 7.31. The molecule has 116 valence electrons. The fourth-order valence-corrected chi connectivity index (χ4v) is 3.05. The molecule has 0 heterocycles. The van der Waals surface area contributed by atoms with Crippen LogP contribution in [0, 0.1) is 13.8 Å². The zero-order valence-corrected chi connectivity index (χ0v) is 15.0. The minimum atomic E-state index is -1.21. The Bertz CT molecular complexity index is 562. The molecule has 1 amide bonds. The Morgan fingerprint density at radius 2 is 1.95 bits per heavy atom. The molecule has 1 aromatic carbocycles. The Morgan fingerprint density at radius 1 is 1.33 bits per heavy atom. The Morgan fingerprint density at radius 3 is 2.48 bits per heavy atom. The van der Waals surface area contributed by atoms with Crippen LogP contribution in [0.25, 0.3) is 0 Å². The summed E-state index contributed by atoms with van der Waals surface area (Å²) in [6, 6.07) is 4.04. The third-order valence-corrected chi connectivity index (χ3v) is 5.42. The molecule has 0 bridgehead atoms. The summed E-state index contributed by atoms with van der Waals surface area (Å²) in [5, 5.41) is 11.7. The maximum Gasteiger partial charge on any atom is 0.329 e. The van der Waals surface area contributed by atoms with Gasteiger partial charge < -0.3 is 10.4 Å². The normalized spacial score (nSPS) is 13.6. The molecule has 1 unspecified atom stereocenters. The standard InChI is InChI=1S/C15H20BrNO3S/c1-5-15(4,14(19)20)17-13(18)8-21-12-7-9(2)11(16)6-10(12)3/h6-7H,5,8H2,1-4H3,(H,17,18)(H,19,20). The van der Waals surface area contributed by atoms with E-state index in [-0.39, 0.29) is 11.7 Å². The lowest BCUT2D eigenvalue weighted by Gasteiger charge is -2.24. The van der Waals surface area contributed by atoms with Gasteiger partial charge in [-0.1, -0.05) is 22.9 Å². The van der Waals surface area contributed by atoms with E-state index >= 15 is 0 Å². The summed E-state index contributed by atoms with van der Waals surface area (Å²) in [6.45, 7) is 7.24. The fraction of sp³-hybridized carbons (Fsp3) is 0.467. The number of carbonyl (C=O) groups is 2. The number of benzene rings is 1. The Hall–Kier alpha value is -1.01. The van der Waals surface area contributed by atoms with Crippen LogP contribution < -0.4 is 5.32 Å². The topological polar surface area (TPSA) is 66.4 Å². The van der Waals surface area contributed by atoms with E-state index in [0.717, 1.165) is 20.5 Å². The SMILES string of the molecule is CCC(C)(NC(=O)CSc1cc(C)c(Br)cc1C)C(=O)O. The van der Waals surface area contributed by atoms with Crippen LogP contribution in [0.1, 0.15) is 31.4 Å². The molecule has 1 rings (SSSR count). The number of amides is 1. The van der Waals surface area contributed by atoms with Gasteiger partial charge in [-0.15, -0.1) is 11.8 Å². The molecule has 0 saturated carbocycles. The largest absolute Gasteiger partial charge is 0.480 e. The minimum absolute atomic E-state index is 0.199. The van der Waals surface area contributed by atoms with E-state index in [9.17, 15) is 9.59 Å². The van der Waals surface area contributed by atoms with Crippen LogP contribution in [-0.2, 0) is 9.59 Å². The molecule has 2 N–H and O–H groups in total. The van der Waals surface area contributed by atoms with Crippen molar-refractivity contribution in [3.05, 3.63) is 27.7 Å². The summed E-state index contributed by atoms with van der Waals surface area (Å²) in [5.41, 5.74) is 0.983. The highest BCUT2D eigenvalue weighted by Gasteiger charge is 2.32. The Kier molecular flexibility index (Phi) is 6.28. The lowest BCUT2D eigenvalue weighted by Crippen LogP contribution is -2.52. The number of halogens is 1. The summed E-state index contributed by atoms with van der Waals surface area (Å²) >= 11 is 4.89. The number of aliphatic carboxylic acids is 1. The average Bonchev–Trinajstić information content (AvgIpc) is 2.41. The van der Waals surface area contributed by atoms with Gasteiger partial charge in [-0.05, 0) is 50.5 Å². The maximum absolute atomic E-state index is 12.0. The molecule has 0 aromatic heterocycles. The summed E-state index contributed by atoms with van der Waals surface area (Å²) < 4.78 is 1.04. The van der Waals surface area contributed by atoms with Gasteiger partial charge in [0.2, 0.25) is 5.91 Å². The molecule has 0 saturated heterocycles. The van der Waals surface area contributed by atoms with E-state index in [2.05, 4.69) is 21.2 Å². The molecule has 0 aliphatic carbocycles. The van der Waals surface area contributed by atoms with Gasteiger partial charge in [-0.25, -0.2) is 4.79 Å². The number of aryl methyl sites for hydroxylation is 2. The molecular weight excluding hydrogens is 354 g/mol. The Balaban J connectivity index is 2.70. The average molecular weight is 374 g/mol. The molecule has 0 fully saturated rings. The van der Waals surface area contributed by atoms with Gasteiger partial charge in [0.15, 0.2) is 0 Å². The van der Waals surface area contributed by atoms with E-state index in [4.69, 9.17) is 5.11 Å². The van der Waals surface area contributed by atoms with Gasteiger partial charge in [-0.3, -0.25) is 4.79 Å². The number of thioether (sulfide) groups is 1. The third kappa shape index (κ3) is 4.74. The van der Waals surface area contributed by atoms with E-state index < -0.39 is 11.5 Å². The molecule has 4 nitrogen and oxygen atoms in total. The molecule has 0 radical (unpaired) electrons. The van der Waals surface area contributed by atoms with E-state index in [1.165, 1.54) is 18.7 Å². The first-order chi connectivity index (χ1) is 9.69. The second-order valence-corrected chi connectivity index (χ2v) is 7.07. The van der Waals surface area contributed by atoms with E-state index in [1.807, 2.05) is 26.0 Å². The van der Waals surface area contributed by atoms with Gasteiger partial charge >= 0.3 is 5.97 Å². The molecular formula is C15H20BrNO3S. The predicted octanol–water partition coefficient (Wildman–Crippen LogP) is 3.53. The van der Waals surface area contributed by atoms with Crippen LogP contribution >= 0.6 is 27.7 Å². The molecule has 21 heavy (non-hydrogen) atoms. The van der Waals surface area contributed by atoms with Crippen LogP contribution in [0.15, 0.2) is 21.5 Å². The number of carboxylic acids is 1.